The van der Waals surface area contributed by atoms with E-state index in [9.17, 15) is 14.4 Å². The second kappa shape index (κ2) is 9.02. The van der Waals surface area contributed by atoms with Gasteiger partial charge in [-0.15, -0.1) is 0 Å². The van der Waals surface area contributed by atoms with Crippen LogP contribution in [0.25, 0.3) is 0 Å². The van der Waals surface area contributed by atoms with Crippen LogP contribution < -0.4 is 27.2 Å². The number of aromatic nitrogens is 2. The van der Waals surface area contributed by atoms with Crippen molar-refractivity contribution in [3.8, 4) is 0 Å². The van der Waals surface area contributed by atoms with Gasteiger partial charge in [0.05, 0.1) is 0 Å². The Morgan fingerprint density at radius 3 is 2.43 bits per heavy atom. The molecular weight excluding hydrogens is 298 g/mol. The lowest BCUT2D eigenvalue weighted by Gasteiger charge is -2.24. The number of hydrogen-bond acceptors (Lipinski definition) is 4. The maximum atomic E-state index is 12.3. The molecule has 0 saturated carbocycles. The smallest absolute Gasteiger partial charge is 0.330 e. The molecule has 1 rings (SSSR count). The summed E-state index contributed by atoms with van der Waals surface area (Å²) in [6, 6.07) is -0.390. The summed E-state index contributed by atoms with van der Waals surface area (Å²) >= 11 is 0. The lowest BCUT2D eigenvalue weighted by molar-refractivity contribution is 0.246. The van der Waals surface area contributed by atoms with Crippen molar-refractivity contribution in [3.63, 3.8) is 0 Å². The number of carbonyl (C=O) groups excluding carboxylic acids is 1. The molecule has 8 heteroatoms. The van der Waals surface area contributed by atoms with Crippen LogP contribution in [0.15, 0.2) is 9.59 Å². The van der Waals surface area contributed by atoms with Crippen LogP contribution >= 0.6 is 0 Å². The molecule has 1 aromatic heterocycles. The van der Waals surface area contributed by atoms with Crippen LogP contribution in [0, 0.1) is 0 Å². The van der Waals surface area contributed by atoms with Crippen LogP contribution in [0.1, 0.15) is 46.5 Å². The van der Waals surface area contributed by atoms with Crippen molar-refractivity contribution in [2.24, 2.45) is 0 Å². The topological polar surface area (TPSA) is 113 Å². The summed E-state index contributed by atoms with van der Waals surface area (Å²) < 4.78 is 1.32. The van der Waals surface area contributed by atoms with E-state index in [1.807, 2.05) is 13.8 Å². The average molecular weight is 325 g/mol. The first-order chi connectivity index (χ1) is 11.0. The Bertz CT molecular complexity index is 635. The van der Waals surface area contributed by atoms with Gasteiger partial charge in [0.15, 0.2) is 5.69 Å². The molecule has 0 saturated heterocycles. The minimum atomic E-state index is -0.636. The predicted molar refractivity (Wildman–Crippen MR) is 92.0 cm³/mol. The molecule has 0 fully saturated rings. The normalized spacial score (nSPS) is 10.6. The Kier molecular flexibility index (Phi) is 7.37. The summed E-state index contributed by atoms with van der Waals surface area (Å²) in [5.74, 6) is 0.0366. The summed E-state index contributed by atoms with van der Waals surface area (Å²) in [6.07, 6.45) is 3.23. The van der Waals surface area contributed by atoms with Crippen molar-refractivity contribution >= 4 is 17.5 Å². The quantitative estimate of drug-likeness (QED) is 0.667. The number of rotatable bonds is 8. The third-order valence-electron chi connectivity index (χ3n) is 3.53. The van der Waals surface area contributed by atoms with Crippen LogP contribution in [0.5, 0.6) is 0 Å². The van der Waals surface area contributed by atoms with E-state index in [1.54, 1.807) is 6.92 Å². The van der Waals surface area contributed by atoms with Gasteiger partial charge in [-0.05, 0) is 19.8 Å². The van der Waals surface area contributed by atoms with E-state index >= 15 is 0 Å². The van der Waals surface area contributed by atoms with Crippen molar-refractivity contribution in [2.45, 2.75) is 53.0 Å². The second-order valence-electron chi connectivity index (χ2n) is 5.34. The third-order valence-corrected chi connectivity index (χ3v) is 3.53. The number of anilines is 2. The van der Waals surface area contributed by atoms with Crippen LogP contribution in [-0.4, -0.2) is 28.7 Å². The number of hydrogen-bond donors (Lipinski definition) is 3. The van der Waals surface area contributed by atoms with Crippen LogP contribution in [0.3, 0.4) is 0 Å². The number of urea groups is 1. The van der Waals surface area contributed by atoms with Gasteiger partial charge in [0.25, 0.3) is 5.56 Å². The number of amides is 2. The Labute approximate surface area is 135 Å². The highest BCUT2D eigenvalue weighted by Crippen LogP contribution is 2.18. The molecule has 0 aromatic carbocycles. The molecular formula is C15H27N5O3. The maximum absolute atomic E-state index is 12.3. The van der Waals surface area contributed by atoms with E-state index in [0.29, 0.717) is 19.6 Å². The number of nitrogens with one attached hydrogen (secondary N) is 2. The van der Waals surface area contributed by atoms with E-state index < -0.39 is 11.2 Å². The van der Waals surface area contributed by atoms with E-state index in [-0.39, 0.29) is 17.5 Å². The molecule has 2 amide bonds. The molecule has 0 aliphatic carbocycles. The van der Waals surface area contributed by atoms with Crippen molar-refractivity contribution in [3.05, 3.63) is 20.8 Å². The zero-order chi connectivity index (χ0) is 17.4. The number of H-pyrrole nitrogens is 1. The van der Waals surface area contributed by atoms with Gasteiger partial charge in [-0.2, -0.15) is 0 Å². The lowest BCUT2D eigenvalue weighted by Crippen LogP contribution is -2.46. The van der Waals surface area contributed by atoms with Gasteiger partial charge < -0.3 is 11.1 Å². The van der Waals surface area contributed by atoms with Crippen molar-refractivity contribution in [1.29, 1.82) is 0 Å². The molecule has 23 heavy (non-hydrogen) atoms. The first-order valence-corrected chi connectivity index (χ1v) is 8.15. The number of carbonyl (C=O) groups is 1. The van der Waals surface area contributed by atoms with Gasteiger partial charge in [0.2, 0.25) is 0 Å². The highest BCUT2D eigenvalue weighted by atomic mass is 16.2. The highest BCUT2D eigenvalue weighted by molar-refractivity contribution is 5.94. The van der Waals surface area contributed by atoms with Gasteiger partial charge in [-0.3, -0.25) is 19.2 Å². The van der Waals surface area contributed by atoms with E-state index in [4.69, 9.17) is 5.73 Å². The molecule has 0 atom stereocenters. The molecule has 0 unspecified atom stereocenters. The molecule has 0 aliphatic rings. The maximum Gasteiger partial charge on any atom is 0.330 e. The molecule has 130 valence electrons. The molecule has 0 spiro atoms. The van der Waals surface area contributed by atoms with E-state index in [2.05, 4.69) is 10.3 Å². The standard InChI is InChI=1S/C15H27N5O3/c1-4-7-9-19(14(22)17-6-3)11-12(16)20(10-8-5-2)15(23)18-13(11)21/h4-10,16H2,1-3H3,(H,17,22)(H,18,21,23). The average Bonchev–Trinajstić information content (AvgIpc) is 2.50. The van der Waals surface area contributed by atoms with Gasteiger partial charge in [-0.1, -0.05) is 26.7 Å². The van der Waals surface area contributed by atoms with E-state index in [0.717, 1.165) is 25.7 Å². The number of nitrogens with two attached hydrogens (primary N) is 1. The second-order valence-corrected chi connectivity index (χ2v) is 5.34. The minimum Gasteiger partial charge on any atom is -0.383 e. The van der Waals surface area contributed by atoms with Crippen molar-refractivity contribution in [1.82, 2.24) is 14.9 Å². The van der Waals surface area contributed by atoms with Gasteiger partial charge >= 0.3 is 11.7 Å². The molecule has 0 aliphatic heterocycles. The predicted octanol–water partition coefficient (Wildman–Crippen LogP) is 1.25. The van der Waals surface area contributed by atoms with Gasteiger partial charge in [0, 0.05) is 19.6 Å². The Hall–Kier alpha value is -2.25. The number of unbranched alkanes of at least 4 members (excludes halogenated alkanes) is 2. The highest BCUT2D eigenvalue weighted by Gasteiger charge is 2.23. The number of nitrogens with zero attached hydrogens (tertiary/aromatic N) is 2. The minimum absolute atomic E-state index is 0.0366. The molecule has 8 nitrogen and oxygen atoms in total. The summed E-state index contributed by atoms with van der Waals surface area (Å²) in [4.78, 5) is 40.1. The summed E-state index contributed by atoms with van der Waals surface area (Å²) in [5, 5.41) is 2.68. The first kappa shape index (κ1) is 18.8. The lowest BCUT2D eigenvalue weighted by atomic mass is 10.3. The first-order valence-electron chi connectivity index (χ1n) is 8.15. The zero-order valence-electron chi connectivity index (χ0n) is 14.1. The fourth-order valence-corrected chi connectivity index (χ4v) is 2.25. The molecule has 1 heterocycles. The Balaban J connectivity index is 3.36. The van der Waals surface area contributed by atoms with Crippen molar-refractivity contribution < 1.29 is 4.79 Å². The molecule has 4 N–H and O–H groups in total. The van der Waals surface area contributed by atoms with Crippen LogP contribution in [0.4, 0.5) is 16.3 Å². The SMILES string of the molecule is CCCCN(C(=O)NCC)c1c(N)n(CCCC)c(=O)[nH]c1=O. The Morgan fingerprint density at radius 2 is 1.87 bits per heavy atom. The fraction of sp³-hybridized carbons (Fsp3) is 0.667. The molecule has 0 bridgehead atoms. The fourth-order valence-electron chi connectivity index (χ4n) is 2.25. The summed E-state index contributed by atoms with van der Waals surface area (Å²) in [7, 11) is 0. The largest absolute Gasteiger partial charge is 0.383 e. The summed E-state index contributed by atoms with van der Waals surface area (Å²) in [5.41, 5.74) is 4.91. The van der Waals surface area contributed by atoms with Crippen molar-refractivity contribution in [2.75, 3.05) is 23.7 Å². The van der Waals surface area contributed by atoms with Crippen LogP contribution in [-0.2, 0) is 6.54 Å². The Morgan fingerprint density at radius 1 is 1.22 bits per heavy atom. The number of aromatic amines is 1. The van der Waals surface area contributed by atoms with Gasteiger partial charge in [-0.25, -0.2) is 9.59 Å². The monoisotopic (exact) mass is 325 g/mol. The zero-order valence-corrected chi connectivity index (χ0v) is 14.1. The third kappa shape index (κ3) is 4.61. The van der Waals surface area contributed by atoms with Crippen LogP contribution in [0.2, 0.25) is 0 Å². The van der Waals surface area contributed by atoms with E-state index in [1.165, 1.54) is 9.47 Å². The molecule has 0 radical (unpaired) electrons. The number of nitrogen functional groups attached to an aromatic ring is 1. The van der Waals surface area contributed by atoms with Gasteiger partial charge in [0.1, 0.15) is 5.82 Å². The molecule has 1 aromatic rings. The summed E-state index contributed by atoms with van der Waals surface area (Å²) in [6.45, 7) is 6.99.